The van der Waals surface area contributed by atoms with Crippen molar-refractivity contribution < 1.29 is 22.7 Å². The van der Waals surface area contributed by atoms with Crippen molar-refractivity contribution in [3.8, 4) is 5.75 Å². The van der Waals surface area contributed by atoms with Crippen LogP contribution in [0.3, 0.4) is 0 Å². The first-order valence-corrected chi connectivity index (χ1v) is 10.6. The standard InChI is InChI=1S/C20H21NO5S/c22-19(12-16-10-11-27(24,25)14-16)26-18-8-6-17(7-9-18)20(23)21-13-15-4-2-1-3-5-15/h1-9,16H,10-14H2,(H,21,23). The van der Waals surface area contributed by atoms with E-state index >= 15 is 0 Å². The van der Waals surface area contributed by atoms with E-state index in [1.54, 1.807) is 24.3 Å². The van der Waals surface area contributed by atoms with Crippen LogP contribution in [0, 0.1) is 5.92 Å². The van der Waals surface area contributed by atoms with Gasteiger partial charge in [-0.15, -0.1) is 0 Å². The Bertz CT molecular complexity index is 907. The van der Waals surface area contributed by atoms with E-state index in [-0.39, 0.29) is 29.8 Å². The summed E-state index contributed by atoms with van der Waals surface area (Å²) in [6.45, 7) is 0.431. The molecule has 2 aromatic rings. The number of carbonyl (C=O) groups excluding carboxylic acids is 2. The van der Waals surface area contributed by atoms with E-state index in [0.29, 0.717) is 24.3 Å². The zero-order valence-electron chi connectivity index (χ0n) is 14.8. The molecule has 1 aliphatic rings. The van der Waals surface area contributed by atoms with Gasteiger partial charge in [-0.2, -0.15) is 0 Å². The molecule has 7 heteroatoms. The molecule has 1 amide bonds. The van der Waals surface area contributed by atoms with Gasteiger partial charge in [-0.1, -0.05) is 30.3 Å². The van der Waals surface area contributed by atoms with Gasteiger partial charge in [-0.3, -0.25) is 9.59 Å². The maximum atomic E-state index is 12.2. The second kappa shape index (κ2) is 8.35. The molecule has 142 valence electrons. The lowest BCUT2D eigenvalue weighted by Crippen LogP contribution is -2.22. The van der Waals surface area contributed by atoms with Crippen molar-refractivity contribution in [2.75, 3.05) is 11.5 Å². The molecule has 1 saturated heterocycles. The van der Waals surface area contributed by atoms with Crippen LogP contribution in [0.2, 0.25) is 0 Å². The van der Waals surface area contributed by atoms with E-state index in [1.807, 2.05) is 30.3 Å². The number of hydrogen-bond acceptors (Lipinski definition) is 5. The van der Waals surface area contributed by atoms with Crippen molar-refractivity contribution in [1.82, 2.24) is 5.32 Å². The molecule has 0 bridgehead atoms. The first-order valence-electron chi connectivity index (χ1n) is 8.74. The maximum Gasteiger partial charge on any atom is 0.311 e. The Morgan fingerprint density at radius 1 is 1.04 bits per heavy atom. The van der Waals surface area contributed by atoms with Gasteiger partial charge in [-0.25, -0.2) is 8.42 Å². The number of rotatable bonds is 6. The van der Waals surface area contributed by atoms with Crippen molar-refractivity contribution >= 4 is 21.7 Å². The highest BCUT2D eigenvalue weighted by Crippen LogP contribution is 2.22. The van der Waals surface area contributed by atoms with E-state index in [9.17, 15) is 18.0 Å². The van der Waals surface area contributed by atoms with Crippen molar-refractivity contribution in [1.29, 1.82) is 0 Å². The Morgan fingerprint density at radius 2 is 1.74 bits per heavy atom. The van der Waals surface area contributed by atoms with Crippen LogP contribution in [0.1, 0.15) is 28.8 Å². The fourth-order valence-corrected chi connectivity index (χ4v) is 4.86. The molecule has 0 saturated carbocycles. The molecule has 1 unspecified atom stereocenters. The van der Waals surface area contributed by atoms with Gasteiger partial charge >= 0.3 is 5.97 Å². The van der Waals surface area contributed by atoms with Crippen molar-refractivity contribution in [3.05, 3.63) is 65.7 Å². The molecular weight excluding hydrogens is 366 g/mol. The number of nitrogens with one attached hydrogen (secondary N) is 1. The minimum Gasteiger partial charge on any atom is -0.427 e. The summed E-state index contributed by atoms with van der Waals surface area (Å²) in [6.07, 6.45) is 0.580. The number of amides is 1. The lowest BCUT2D eigenvalue weighted by molar-refractivity contribution is -0.135. The minimum atomic E-state index is -3.01. The molecule has 1 atom stereocenters. The molecule has 0 spiro atoms. The predicted octanol–water partition coefficient (Wildman–Crippen LogP) is 2.35. The average Bonchev–Trinajstić information content (AvgIpc) is 2.99. The topological polar surface area (TPSA) is 89.5 Å². The molecule has 1 heterocycles. The van der Waals surface area contributed by atoms with Crippen LogP contribution in [-0.2, 0) is 21.2 Å². The summed E-state index contributed by atoms with van der Waals surface area (Å²) >= 11 is 0. The SMILES string of the molecule is O=C(CC1CCS(=O)(=O)C1)Oc1ccc(C(=O)NCc2ccccc2)cc1. The average molecular weight is 387 g/mol. The zero-order valence-corrected chi connectivity index (χ0v) is 15.6. The molecule has 1 aliphatic heterocycles. The smallest absolute Gasteiger partial charge is 0.311 e. The quantitative estimate of drug-likeness (QED) is 0.607. The molecule has 1 N–H and O–H groups in total. The summed E-state index contributed by atoms with van der Waals surface area (Å²) in [6, 6.07) is 15.9. The van der Waals surface area contributed by atoms with Gasteiger partial charge in [0.1, 0.15) is 5.75 Å². The third-order valence-electron chi connectivity index (χ3n) is 4.43. The summed E-state index contributed by atoms with van der Waals surface area (Å²) in [5.74, 6) is -0.336. The normalized spacial score (nSPS) is 18.0. The Hall–Kier alpha value is -2.67. The molecule has 0 aromatic heterocycles. The number of hydrogen-bond donors (Lipinski definition) is 1. The second-order valence-corrected chi connectivity index (χ2v) is 8.87. The summed E-state index contributed by atoms with van der Waals surface area (Å²) in [5.41, 5.74) is 1.47. The van der Waals surface area contributed by atoms with E-state index in [2.05, 4.69) is 5.32 Å². The Balaban J connectivity index is 1.49. The monoisotopic (exact) mass is 387 g/mol. The highest BCUT2D eigenvalue weighted by atomic mass is 32.2. The van der Waals surface area contributed by atoms with Gasteiger partial charge in [0.2, 0.25) is 0 Å². The molecule has 3 rings (SSSR count). The molecule has 1 fully saturated rings. The molecule has 2 aromatic carbocycles. The van der Waals surface area contributed by atoms with Gasteiger partial charge < -0.3 is 10.1 Å². The van der Waals surface area contributed by atoms with Crippen LogP contribution >= 0.6 is 0 Å². The number of esters is 1. The maximum absolute atomic E-state index is 12.2. The van der Waals surface area contributed by atoms with E-state index < -0.39 is 15.8 Å². The fourth-order valence-electron chi connectivity index (χ4n) is 3.00. The van der Waals surface area contributed by atoms with Crippen LogP contribution in [0.15, 0.2) is 54.6 Å². The lowest BCUT2D eigenvalue weighted by atomic mass is 10.1. The number of ether oxygens (including phenoxy) is 1. The van der Waals surface area contributed by atoms with Crippen molar-refractivity contribution in [2.45, 2.75) is 19.4 Å². The highest BCUT2D eigenvalue weighted by molar-refractivity contribution is 7.91. The van der Waals surface area contributed by atoms with E-state index in [0.717, 1.165) is 5.56 Å². The molecule has 0 radical (unpaired) electrons. The third-order valence-corrected chi connectivity index (χ3v) is 6.26. The first-order chi connectivity index (χ1) is 12.9. The fraction of sp³-hybridized carbons (Fsp3) is 0.300. The van der Waals surface area contributed by atoms with Crippen LogP contribution in [0.5, 0.6) is 5.75 Å². The van der Waals surface area contributed by atoms with Gasteiger partial charge in [-0.05, 0) is 42.2 Å². The van der Waals surface area contributed by atoms with Crippen LogP contribution in [0.25, 0.3) is 0 Å². The highest BCUT2D eigenvalue weighted by Gasteiger charge is 2.30. The van der Waals surface area contributed by atoms with Gasteiger partial charge in [0.05, 0.1) is 11.5 Å². The summed E-state index contributed by atoms with van der Waals surface area (Å²) in [7, 11) is -3.01. The second-order valence-electron chi connectivity index (χ2n) is 6.64. The molecule has 27 heavy (non-hydrogen) atoms. The lowest BCUT2D eigenvalue weighted by Gasteiger charge is -2.09. The van der Waals surface area contributed by atoms with E-state index in [4.69, 9.17) is 4.74 Å². The Kier molecular flexibility index (Phi) is 5.91. The zero-order chi connectivity index (χ0) is 19.3. The largest absolute Gasteiger partial charge is 0.427 e. The van der Waals surface area contributed by atoms with Crippen LogP contribution in [-0.4, -0.2) is 31.8 Å². The van der Waals surface area contributed by atoms with Crippen molar-refractivity contribution in [2.24, 2.45) is 5.92 Å². The number of benzene rings is 2. The third kappa shape index (κ3) is 5.65. The van der Waals surface area contributed by atoms with Gasteiger partial charge in [0, 0.05) is 18.5 Å². The van der Waals surface area contributed by atoms with Gasteiger partial charge in [0.25, 0.3) is 5.91 Å². The first kappa shape index (κ1) is 19.1. The number of carbonyl (C=O) groups is 2. The summed E-state index contributed by atoms with van der Waals surface area (Å²) in [4.78, 5) is 24.1. The Labute approximate surface area is 158 Å². The Morgan fingerprint density at radius 3 is 2.37 bits per heavy atom. The minimum absolute atomic E-state index is 0.0443. The van der Waals surface area contributed by atoms with Gasteiger partial charge in [0.15, 0.2) is 9.84 Å². The summed E-state index contributed by atoms with van der Waals surface area (Å²) < 4.78 is 28.1. The molecular formula is C20H21NO5S. The van der Waals surface area contributed by atoms with Crippen molar-refractivity contribution in [3.63, 3.8) is 0 Å². The number of sulfone groups is 1. The molecule has 0 aliphatic carbocycles. The molecule has 6 nitrogen and oxygen atoms in total. The predicted molar refractivity (Wildman–Crippen MR) is 101 cm³/mol. The summed E-state index contributed by atoms with van der Waals surface area (Å²) in [5, 5.41) is 2.83. The van der Waals surface area contributed by atoms with Crippen LogP contribution in [0.4, 0.5) is 0 Å². The van der Waals surface area contributed by atoms with Crippen LogP contribution < -0.4 is 10.1 Å². The van der Waals surface area contributed by atoms with E-state index in [1.165, 1.54) is 0 Å².